The molecule has 1 aliphatic rings. The zero-order chi connectivity index (χ0) is 24.4. The Morgan fingerprint density at radius 2 is 1.89 bits per heavy atom. The summed E-state index contributed by atoms with van der Waals surface area (Å²) in [5.74, 6) is -0.00121. The summed E-state index contributed by atoms with van der Waals surface area (Å²) < 4.78 is 10.8. The van der Waals surface area contributed by atoms with Crippen molar-refractivity contribution < 1.29 is 23.8 Å². The zero-order valence-electron chi connectivity index (χ0n) is 19.2. The van der Waals surface area contributed by atoms with Crippen LogP contribution in [0.15, 0.2) is 71.3 Å². The second-order valence-electron chi connectivity index (χ2n) is 8.50. The summed E-state index contributed by atoms with van der Waals surface area (Å²) in [4.78, 5) is 32.1. The molecule has 1 amide bonds. The quantitative estimate of drug-likeness (QED) is 0.407. The number of hydrogen-bond acceptors (Lipinski definition) is 6. The third-order valence-corrected chi connectivity index (χ3v) is 6.11. The summed E-state index contributed by atoms with van der Waals surface area (Å²) >= 11 is 0. The second-order valence-corrected chi connectivity index (χ2v) is 8.50. The molecule has 176 valence electrons. The first-order valence-electron chi connectivity index (χ1n) is 11.3. The van der Waals surface area contributed by atoms with Crippen LogP contribution in [-0.4, -0.2) is 40.5 Å². The highest BCUT2D eigenvalue weighted by Crippen LogP contribution is 2.38. The van der Waals surface area contributed by atoms with E-state index in [4.69, 9.17) is 14.1 Å². The van der Waals surface area contributed by atoms with E-state index in [1.54, 1.807) is 37.6 Å². The van der Waals surface area contributed by atoms with Crippen LogP contribution in [0.5, 0.6) is 5.75 Å². The first-order valence-corrected chi connectivity index (χ1v) is 11.3. The molecule has 2 aromatic carbocycles. The molecule has 35 heavy (non-hydrogen) atoms. The number of para-hydroxylation sites is 1. The topological polar surface area (TPSA) is 92.9 Å². The van der Waals surface area contributed by atoms with E-state index >= 15 is 0 Å². The molecule has 0 fully saturated rings. The highest BCUT2D eigenvalue weighted by molar-refractivity contribution is 6.07. The van der Waals surface area contributed by atoms with E-state index < -0.39 is 5.97 Å². The number of phenolic OH excluding ortho intramolecular Hbond substituents is 1. The molecule has 0 aliphatic heterocycles. The number of pyridine rings is 1. The maximum atomic E-state index is 13.3. The number of phenols is 1. The van der Waals surface area contributed by atoms with Crippen LogP contribution < -0.4 is 0 Å². The average Bonchev–Trinajstić information content (AvgIpc) is 3.52. The van der Waals surface area contributed by atoms with Gasteiger partial charge < -0.3 is 19.2 Å². The molecule has 0 bridgehead atoms. The maximum Gasteiger partial charge on any atom is 0.339 e. The van der Waals surface area contributed by atoms with Crippen molar-refractivity contribution in [2.75, 3.05) is 13.7 Å². The van der Waals surface area contributed by atoms with Gasteiger partial charge in [-0.05, 0) is 65.9 Å². The smallest absolute Gasteiger partial charge is 0.339 e. The molecule has 7 nitrogen and oxygen atoms in total. The highest BCUT2D eigenvalue weighted by atomic mass is 16.5. The molecule has 0 saturated heterocycles. The number of allylic oxidation sites excluding steroid dienone is 1. The van der Waals surface area contributed by atoms with Crippen LogP contribution in [0.4, 0.5) is 0 Å². The molecular weight excluding hydrogens is 444 g/mol. The number of ether oxygens (including phenoxy) is 1. The van der Waals surface area contributed by atoms with Crippen molar-refractivity contribution in [3.63, 3.8) is 0 Å². The van der Waals surface area contributed by atoms with Crippen molar-refractivity contribution in [3.8, 4) is 5.75 Å². The Morgan fingerprint density at radius 3 is 2.66 bits per heavy atom. The van der Waals surface area contributed by atoms with Gasteiger partial charge in [0.2, 0.25) is 0 Å². The van der Waals surface area contributed by atoms with E-state index in [1.165, 1.54) is 4.90 Å². The van der Waals surface area contributed by atoms with Crippen molar-refractivity contribution in [1.29, 1.82) is 0 Å². The largest absolute Gasteiger partial charge is 0.508 e. The third kappa shape index (κ3) is 4.66. The van der Waals surface area contributed by atoms with Gasteiger partial charge >= 0.3 is 5.97 Å². The summed E-state index contributed by atoms with van der Waals surface area (Å²) in [7, 11) is 1.64. The number of aromatic nitrogens is 1. The number of aromatic hydroxyl groups is 1. The Bertz CT molecular complexity index is 1420. The van der Waals surface area contributed by atoms with Crippen LogP contribution in [0.1, 0.15) is 39.4 Å². The van der Waals surface area contributed by atoms with Gasteiger partial charge in [0.25, 0.3) is 5.91 Å². The predicted octanol–water partition coefficient (Wildman–Crippen LogP) is 4.84. The second kappa shape index (κ2) is 9.46. The van der Waals surface area contributed by atoms with Gasteiger partial charge in [0.15, 0.2) is 6.61 Å². The molecule has 4 aromatic rings. The van der Waals surface area contributed by atoms with Gasteiger partial charge in [-0.3, -0.25) is 4.79 Å². The molecule has 0 saturated carbocycles. The number of carbonyl (C=O) groups excluding carboxylic acids is 2. The lowest BCUT2D eigenvalue weighted by Crippen LogP contribution is -2.30. The monoisotopic (exact) mass is 468 g/mol. The molecule has 7 heteroatoms. The summed E-state index contributed by atoms with van der Waals surface area (Å²) in [6, 6.07) is 17.9. The first kappa shape index (κ1) is 22.4. The number of amides is 1. The Labute approximate surface area is 202 Å². The minimum atomic E-state index is -0.537. The van der Waals surface area contributed by atoms with Crippen LogP contribution >= 0.6 is 0 Å². The lowest BCUT2D eigenvalue weighted by Gasteiger charge is -2.16. The molecule has 0 atom stereocenters. The Balaban J connectivity index is 1.42. The van der Waals surface area contributed by atoms with E-state index in [1.807, 2.05) is 42.5 Å². The number of fused-ring (bicyclic) bond motifs is 2. The predicted molar refractivity (Wildman–Crippen MR) is 132 cm³/mol. The molecule has 1 N–H and O–H groups in total. The van der Waals surface area contributed by atoms with E-state index in [0.29, 0.717) is 35.2 Å². The van der Waals surface area contributed by atoms with Gasteiger partial charge in [0, 0.05) is 12.4 Å². The number of rotatable bonds is 6. The summed E-state index contributed by atoms with van der Waals surface area (Å²) in [5, 5.41) is 10.3. The molecule has 5 rings (SSSR count). The van der Waals surface area contributed by atoms with Gasteiger partial charge in [0.05, 0.1) is 29.6 Å². The van der Waals surface area contributed by atoms with Crippen molar-refractivity contribution >= 4 is 34.4 Å². The van der Waals surface area contributed by atoms with E-state index in [2.05, 4.69) is 0 Å². The average molecular weight is 469 g/mol. The molecule has 1 aliphatic carbocycles. The summed E-state index contributed by atoms with van der Waals surface area (Å²) in [6.07, 6.45) is 4.95. The van der Waals surface area contributed by atoms with Crippen LogP contribution in [0.3, 0.4) is 0 Å². The Morgan fingerprint density at radius 1 is 1.09 bits per heavy atom. The van der Waals surface area contributed by atoms with E-state index in [9.17, 15) is 14.7 Å². The van der Waals surface area contributed by atoms with Crippen molar-refractivity contribution in [2.24, 2.45) is 0 Å². The fourth-order valence-corrected chi connectivity index (χ4v) is 4.32. The third-order valence-electron chi connectivity index (χ3n) is 6.11. The standard InChI is InChI=1S/C28H24N2O5/c1-30(16-21-5-4-14-34-21)25(32)17-35-28(33)26-22-6-2-3-7-24(22)29-27-19(10-13-23(26)27)15-18-8-11-20(31)12-9-18/h2-9,11-12,14-15,31H,10,13,16-17H2,1H3/b19-15+. The first-order chi connectivity index (χ1) is 17.0. The van der Waals surface area contributed by atoms with Gasteiger partial charge in [-0.2, -0.15) is 0 Å². The number of furan rings is 1. The van der Waals surface area contributed by atoms with Crippen molar-refractivity contribution in [2.45, 2.75) is 19.4 Å². The molecule has 0 radical (unpaired) electrons. The molecular formula is C28H24N2O5. The fourth-order valence-electron chi connectivity index (χ4n) is 4.32. The van der Waals surface area contributed by atoms with Crippen molar-refractivity contribution in [3.05, 3.63) is 95.1 Å². The zero-order valence-corrected chi connectivity index (χ0v) is 19.2. The summed E-state index contributed by atoms with van der Waals surface area (Å²) in [5.41, 5.74) is 4.70. The van der Waals surface area contributed by atoms with Crippen LogP contribution in [0.2, 0.25) is 0 Å². The number of carbonyl (C=O) groups is 2. The number of nitrogens with zero attached hydrogens (tertiary/aromatic N) is 2. The lowest BCUT2D eigenvalue weighted by atomic mass is 10.0. The molecule has 0 unspecified atom stereocenters. The minimum Gasteiger partial charge on any atom is -0.508 e. The highest BCUT2D eigenvalue weighted by Gasteiger charge is 2.28. The van der Waals surface area contributed by atoms with Gasteiger partial charge in [0.1, 0.15) is 11.5 Å². The van der Waals surface area contributed by atoms with Gasteiger partial charge in [-0.15, -0.1) is 0 Å². The van der Waals surface area contributed by atoms with E-state index in [0.717, 1.165) is 28.8 Å². The minimum absolute atomic E-state index is 0.206. The Hall–Kier alpha value is -4.39. The number of likely N-dealkylation sites (N-methyl/N-ethyl adjacent to an activating group) is 1. The summed E-state index contributed by atoms with van der Waals surface area (Å²) in [6.45, 7) is -0.0694. The normalized spacial score (nSPS) is 13.7. The SMILES string of the molecule is CN(Cc1ccco1)C(=O)COC(=O)c1c2c(nc3ccccc13)/C(=C/c1ccc(O)cc1)CC2. The molecule has 2 heterocycles. The number of benzene rings is 2. The maximum absolute atomic E-state index is 13.3. The number of esters is 1. The molecule has 2 aromatic heterocycles. The van der Waals surface area contributed by atoms with E-state index in [-0.39, 0.29) is 18.3 Å². The van der Waals surface area contributed by atoms with Gasteiger partial charge in [-0.1, -0.05) is 30.3 Å². The fraction of sp³-hybridized carbons (Fsp3) is 0.179. The Kier molecular flexibility index (Phi) is 6.06. The van der Waals surface area contributed by atoms with Crippen LogP contribution in [0.25, 0.3) is 22.6 Å². The lowest BCUT2D eigenvalue weighted by molar-refractivity contribution is -0.133. The molecule has 0 spiro atoms. The van der Waals surface area contributed by atoms with Crippen LogP contribution in [-0.2, 0) is 22.5 Å². The number of hydrogen-bond donors (Lipinski definition) is 1. The van der Waals surface area contributed by atoms with Crippen LogP contribution in [0, 0.1) is 0 Å². The van der Waals surface area contributed by atoms with Gasteiger partial charge in [-0.25, -0.2) is 9.78 Å². The van der Waals surface area contributed by atoms with Crippen molar-refractivity contribution in [1.82, 2.24) is 9.88 Å².